The van der Waals surface area contributed by atoms with Gasteiger partial charge in [0, 0.05) is 42.4 Å². The van der Waals surface area contributed by atoms with E-state index in [1.807, 2.05) is 53.1 Å². The van der Waals surface area contributed by atoms with Gasteiger partial charge in [0.1, 0.15) is 17.4 Å². The van der Waals surface area contributed by atoms with Gasteiger partial charge < -0.3 is 16.8 Å². The number of pyridine rings is 2. The number of nitrogens with one attached hydrogen (secondary N) is 2. The monoisotopic (exact) mass is 885 g/mol. The second-order valence-electron chi connectivity index (χ2n) is 17.9. The van der Waals surface area contributed by atoms with Gasteiger partial charge >= 0.3 is 0 Å². The third kappa shape index (κ3) is 9.10. The molecule has 2 fully saturated rings. The molecule has 338 valence electrons. The van der Waals surface area contributed by atoms with E-state index in [9.17, 15) is 24.0 Å². The van der Waals surface area contributed by atoms with Crippen LogP contribution < -0.4 is 22.1 Å². The fourth-order valence-corrected chi connectivity index (χ4v) is 9.52. The summed E-state index contributed by atoms with van der Waals surface area (Å²) >= 11 is 0. The Labute approximate surface area is 383 Å². The summed E-state index contributed by atoms with van der Waals surface area (Å²) in [5.74, 6) is -0.852. The van der Waals surface area contributed by atoms with Crippen molar-refractivity contribution in [1.29, 1.82) is 0 Å². The van der Waals surface area contributed by atoms with Crippen LogP contribution in [-0.2, 0) is 32.8 Å². The lowest BCUT2D eigenvalue weighted by molar-refractivity contribution is -0.136. The van der Waals surface area contributed by atoms with Gasteiger partial charge in [-0.3, -0.25) is 38.8 Å². The van der Waals surface area contributed by atoms with Crippen molar-refractivity contribution in [1.82, 2.24) is 35.1 Å². The number of imide groups is 2. The number of carbonyl (C=O) groups is 5. The molecule has 1 atom stereocenters. The summed E-state index contributed by atoms with van der Waals surface area (Å²) in [5.41, 5.74) is 21.2. The van der Waals surface area contributed by atoms with Gasteiger partial charge in [-0.1, -0.05) is 74.6 Å². The zero-order valence-corrected chi connectivity index (χ0v) is 37.1. The van der Waals surface area contributed by atoms with Crippen LogP contribution in [0.2, 0.25) is 0 Å². The van der Waals surface area contributed by atoms with Crippen LogP contribution in [0.15, 0.2) is 97.2 Å². The fourth-order valence-electron chi connectivity index (χ4n) is 9.52. The van der Waals surface area contributed by atoms with Crippen molar-refractivity contribution in [3.05, 3.63) is 125 Å². The van der Waals surface area contributed by atoms with Crippen LogP contribution in [0.25, 0.3) is 39.5 Å². The molecule has 0 bridgehead atoms. The summed E-state index contributed by atoms with van der Waals surface area (Å²) < 4.78 is 2.03. The number of aryl methyl sites for hydroxylation is 2. The minimum atomic E-state index is -0.966. The number of carbonyl (C=O) groups excluding carboxylic acids is 5. The van der Waals surface area contributed by atoms with Crippen LogP contribution in [0.1, 0.15) is 121 Å². The second kappa shape index (κ2) is 19.2. The Hall–Kier alpha value is -7.06. The topological polar surface area (TPSA) is 208 Å². The van der Waals surface area contributed by atoms with Gasteiger partial charge in [-0.2, -0.15) is 0 Å². The van der Waals surface area contributed by atoms with Crippen LogP contribution in [0.4, 0.5) is 5.82 Å². The normalized spacial score (nSPS) is 16.6. The van der Waals surface area contributed by atoms with Crippen molar-refractivity contribution in [2.24, 2.45) is 5.73 Å². The van der Waals surface area contributed by atoms with E-state index >= 15 is 0 Å². The molecule has 3 aliphatic rings. The maximum atomic E-state index is 13.4. The van der Waals surface area contributed by atoms with E-state index in [0.29, 0.717) is 54.2 Å². The van der Waals surface area contributed by atoms with Gasteiger partial charge in [0.2, 0.25) is 17.7 Å². The van der Waals surface area contributed by atoms with Gasteiger partial charge in [-0.05, 0) is 117 Å². The summed E-state index contributed by atoms with van der Waals surface area (Å²) in [6.07, 6.45) is 13.6. The molecule has 1 unspecified atom stereocenters. The number of nitrogens with two attached hydrogens (primary N) is 2. The molecule has 14 heteroatoms. The lowest BCUT2D eigenvalue weighted by Crippen LogP contribution is -2.54. The van der Waals surface area contributed by atoms with Crippen molar-refractivity contribution < 1.29 is 24.0 Å². The number of hydrogen-bond acceptors (Lipinski definition) is 10. The molecule has 1 saturated heterocycles. The summed E-state index contributed by atoms with van der Waals surface area (Å²) in [4.78, 5) is 78.9. The number of piperidine rings is 1. The van der Waals surface area contributed by atoms with Gasteiger partial charge in [0.15, 0.2) is 11.5 Å². The number of anilines is 1. The molecular weight excluding hydrogens is 831 g/mol. The molecule has 5 amide bonds. The first-order chi connectivity index (χ1) is 32.1. The van der Waals surface area contributed by atoms with E-state index in [1.165, 1.54) is 0 Å². The van der Waals surface area contributed by atoms with E-state index in [2.05, 4.69) is 45.9 Å². The van der Waals surface area contributed by atoms with Crippen LogP contribution >= 0.6 is 0 Å². The third-order valence-corrected chi connectivity index (χ3v) is 13.4. The van der Waals surface area contributed by atoms with Crippen LogP contribution in [0, 0.1) is 0 Å². The molecule has 66 heavy (non-hydrogen) atoms. The lowest BCUT2D eigenvalue weighted by atomic mass is 9.73. The summed E-state index contributed by atoms with van der Waals surface area (Å²) in [5, 5.41) is 5.34. The van der Waals surface area contributed by atoms with Crippen molar-refractivity contribution in [3.8, 4) is 28.3 Å². The van der Waals surface area contributed by atoms with Gasteiger partial charge in [-0.25, -0.2) is 15.0 Å². The number of amides is 5. The number of rotatable bonds is 18. The van der Waals surface area contributed by atoms with E-state index < -0.39 is 29.7 Å². The third-order valence-electron chi connectivity index (χ3n) is 13.4. The Morgan fingerprint density at radius 1 is 0.803 bits per heavy atom. The zero-order valence-electron chi connectivity index (χ0n) is 37.1. The number of fused-ring (bicyclic) bond motifs is 2. The molecule has 6 aromatic rings. The molecule has 9 rings (SSSR count). The van der Waals surface area contributed by atoms with Gasteiger partial charge in [0.05, 0.1) is 22.4 Å². The van der Waals surface area contributed by atoms with Crippen molar-refractivity contribution >= 4 is 46.5 Å². The van der Waals surface area contributed by atoms with Crippen LogP contribution in [-0.4, -0.2) is 66.5 Å². The zero-order chi connectivity index (χ0) is 45.8. The van der Waals surface area contributed by atoms with Crippen LogP contribution in [0.3, 0.4) is 0 Å². The molecular formula is C52H55N9O5. The average molecular weight is 886 g/mol. The summed E-state index contributed by atoms with van der Waals surface area (Å²) in [6, 6.07) is 28.6. The Morgan fingerprint density at radius 2 is 1.56 bits per heavy atom. The first-order valence-corrected chi connectivity index (χ1v) is 23.3. The first kappa shape index (κ1) is 44.2. The highest BCUT2D eigenvalue weighted by Gasteiger charge is 2.45. The number of nitrogen functional groups attached to an aromatic ring is 1. The first-order valence-electron chi connectivity index (χ1n) is 23.3. The quantitative estimate of drug-likeness (QED) is 0.0494. The summed E-state index contributed by atoms with van der Waals surface area (Å²) in [6.45, 7) is 0.640. The highest BCUT2D eigenvalue weighted by Crippen LogP contribution is 2.40. The van der Waals surface area contributed by atoms with Gasteiger partial charge in [0.25, 0.3) is 11.8 Å². The number of benzene rings is 3. The predicted molar refractivity (Wildman–Crippen MR) is 252 cm³/mol. The van der Waals surface area contributed by atoms with Crippen molar-refractivity contribution in [2.75, 3.05) is 12.3 Å². The fraction of sp³-hybridized carbons (Fsp3) is 0.346. The molecule has 3 aromatic carbocycles. The Kier molecular flexibility index (Phi) is 12.8. The SMILES string of the molecule is Nc1ncccc1-c1nc2ccc(-c3cccc(CCC(=O)NCCCCCCCCCc4cccc5c4C(=O)N(C4CCC(=O)NC4=O)C5=O)c3)nc2n1-c1ccc(C2(N)CCC2)cc1. The molecule has 5 heterocycles. The molecule has 3 aromatic heterocycles. The molecule has 0 spiro atoms. The Morgan fingerprint density at radius 3 is 2.32 bits per heavy atom. The molecule has 14 nitrogen and oxygen atoms in total. The van der Waals surface area contributed by atoms with E-state index in [0.717, 1.165) is 114 Å². The van der Waals surface area contributed by atoms with E-state index in [1.54, 1.807) is 18.3 Å². The molecule has 2 aliphatic heterocycles. The number of unbranched alkanes of at least 4 members (excludes halogenated alkanes) is 6. The second-order valence-corrected chi connectivity index (χ2v) is 17.9. The van der Waals surface area contributed by atoms with E-state index in [-0.39, 0.29) is 24.3 Å². The van der Waals surface area contributed by atoms with E-state index in [4.69, 9.17) is 21.4 Å². The summed E-state index contributed by atoms with van der Waals surface area (Å²) in [7, 11) is 0. The Bertz CT molecular complexity index is 2830. The molecule has 0 radical (unpaired) electrons. The number of hydrogen-bond donors (Lipinski definition) is 4. The number of aromatic nitrogens is 4. The number of nitrogens with zero attached hydrogens (tertiary/aromatic N) is 5. The molecule has 1 aliphatic carbocycles. The standard InChI is InChI=1S/C52H55N9O5/c53-46-39(17-10-31-56-46)47-58-41-24-23-40(57-48(41)60(47)37-21-19-36(20-22-37)52(54)28-11-29-52)35-15-8-12-33(32-35)18-26-43(62)55-30-7-5-3-1-2-4-6-13-34-14-9-16-38-45(34)51(66)61(50(38)65)42-25-27-44(63)59-49(42)64/h8-10,12,14-17,19-24,31-32,42H,1-7,11,13,18,25-30,54H2,(H2,53,56)(H,55,62)(H,59,63,64). The Balaban J connectivity index is 0.728. The lowest BCUT2D eigenvalue weighted by Gasteiger charge is -2.38. The van der Waals surface area contributed by atoms with Crippen molar-refractivity contribution in [2.45, 2.75) is 108 Å². The van der Waals surface area contributed by atoms with Crippen LogP contribution in [0.5, 0.6) is 0 Å². The molecule has 6 N–H and O–H groups in total. The van der Waals surface area contributed by atoms with Gasteiger partial charge in [-0.15, -0.1) is 0 Å². The highest BCUT2D eigenvalue weighted by molar-refractivity contribution is 6.24. The maximum absolute atomic E-state index is 13.4. The minimum Gasteiger partial charge on any atom is -0.383 e. The minimum absolute atomic E-state index is 0.0303. The largest absolute Gasteiger partial charge is 0.383 e. The molecule has 1 saturated carbocycles. The number of imidazole rings is 1. The highest BCUT2D eigenvalue weighted by atomic mass is 16.2. The van der Waals surface area contributed by atoms with Crippen molar-refractivity contribution in [3.63, 3.8) is 0 Å². The smallest absolute Gasteiger partial charge is 0.262 e. The average Bonchev–Trinajstić information content (AvgIpc) is 3.82. The maximum Gasteiger partial charge on any atom is 0.262 e. The predicted octanol–water partition coefficient (Wildman–Crippen LogP) is 7.49.